The van der Waals surface area contributed by atoms with Crippen LogP contribution in [-0.2, 0) is 11.3 Å². The molecule has 3 N–H and O–H groups in total. The lowest BCUT2D eigenvalue weighted by molar-refractivity contribution is 0.0948. The first-order valence-corrected chi connectivity index (χ1v) is 13.8. The quantitative estimate of drug-likeness (QED) is 0.287. The normalized spacial score (nSPS) is 17.7. The maximum atomic E-state index is 12.9. The molecule has 2 bridgehead atoms. The monoisotopic (exact) mass is 545 g/mol. The summed E-state index contributed by atoms with van der Waals surface area (Å²) >= 11 is 5.67. The van der Waals surface area contributed by atoms with Crippen LogP contribution in [0.1, 0.15) is 40.4 Å². The van der Waals surface area contributed by atoms with Crippen molar-refractivity contribution in [2.45, 2.75) is 32.2 Å². The number of hydrogen-bond donors (Lipinski definition) is 3. The van der Waals surface area contributed by atoms with Crippen LogP contribution in [0.5, 0.6) is 0 Å². The molecule has 1 amide bonds. The van der Waals surface area contributed by atoms with Gasteiger partial charge in [-0.25, -0.2) is 0 Å². The van der Waals surface area contributed by atoms with Crippen molar-refractivity contribution < 1.29 is 9.53 Å². The molecule has 1 saturated heterocycles. The third-order valence-electron chi connectivity index (χ3n) is 7.45. The molecule has 5 rings (SSSR count). The van der Waals surface area contributed by atoms with Gasteiger partial charge >= 0.3 is 0 Å². The van der Waals surface area contributed by atoms with Crippen molar-refractivity contribution in [2.75, 3.05) is 48.9 Å². The van der Waals surface area contributed by atoms with E-state index in [-0.39, 0.29) is 17.4 Å². The van der Waals surface area contributed by atoms with Gasteiger partial charge in [-0.2, -0.15) is 0 Å². The van der Waals surface area contributed by atoms with E-state index in [1.54, 1.807) is 13.2 Å². The Morgan fingerprint density at radius 2 is 1.87 bits per heavy atom. The minimum Gasteiger partial charge on any atom is -0.385 e. The molecule has 8 nitrogen and oxygen atoms in total. The summed E-state index contributed by atoms with van der Waals surface area (Å²) in [5.74, 6) is 0.494. The van der Waals surface area contributed by atoms with Crippen molar-refractivity contribution in [3.05, 3.63) is 87.8 Å². The number of carbonyl (C=O) groups is 1. The number of amides is 1. The number of aromatic nitrogens is 1. The van der Waals surface area contributed by atoms with Crippen molar-refractivity contribution in [3.63, 3.8) is 0 Å². The van der Waals surface area contributed by atoms with E-state index in [1.807, 2.05) is 60.0 Å². The summed E-state index contributed by atoms with van der Waals surface area (Å²) in [5, 5.41) is 10.0. The molecule has 9 heteroatoms. The second-order valence-electron chi connectivity index (χ2n) is 10.4. The van der Waals surface area contributed by atoms with Gasteiger partial charge in [0.05, 0.1) is 11.4 Å². The van der Waals surface area contributed by atoms with Crippen LogP contribution >= 0.6 is 12.2 Å². The summed E-state index contributed by atoms with van der Waals surface area (Å²) in [5.41, 5.74) is 5.56. The van der Waals surface area contributed by atoms with Crippen molar-refractivity contribution in [1.82, 2.24) is 9.88 Å². The van der Waals surface area contributed by atoms with E-state index in [1.165, 1.54) is 5.56 Å². The molecular formula is C30H35N5O3S. The number of benzene rings is 2. The molecule has 2 aliphatic heterocycles. The van der Waals surface area contributed by atoms with Gasteiger partial charge in [0.15, 0.2) is 5.11 Å². The Kier molecular flexibility index (Phi) is 8.28. The first kappa shape index (κ1) is 26.9. The minimum absolute atomic E-state index is 0.0754. The van der Waals surface area contributed by atoms with E-state index in [9.17, 15) is 9.59 Å². The zero-order valence-electron chi connectivity index (χ0n) is 22.4. The number of rotatable bonds is 8. The summed E-state index contributed by atoms with van der Waals surface area (Å²) in [6.07, 6.45) is 1.81. The van der Waals surface area contributed by atoms with Crippen LogP contribution in [0.4, 0.5) is 17.1 Å². The van der Waals surface area contributed by atoms with Crippen LogP contribution < -0.4 is 26.4 Å². The number of nitrogens with one attached hydrogen (secondary N) is 3. The van der Waals surface area contributed by atoms with E-state index in [0.717, 1.165) is 55.2 Å². The lowest BCUT2D eigenvalue weighted by Crippen LogP contribution is -2.47. The Balaban J connectivity index is 1.40. The van der Waals surface area contributed by atoms with Crippen molar-refractivity contribution in [1.29, 1.82) is 0 Å². The van der Waals surface area contributed by atoms with Gasteiger partial charge in [0.2, 0.25) is 0 Å². The predicted octanol–water partition coefficient (Wildman–Crippen LogP) is 4.36. The van der Waals surface area contributed by atoms with Crippen LogP contribution in [0, 0.1) is 12.8 Å². The zero-order valence-corrected chi connectivity index (χ0v) is 23.2. The molecule has 2 atom stereocenters. The summed E-state index contributed by atoms with van der Waals surface area (Å²) in [6, 6.07) is 19.3. The van der Waals surface area contributed by atoms with E-state index >= 15 is 0 Å². The van der Waals surface area contributed by atoms with Gasteiger partial charge in [-0.1, -0.05) is 23.8 Å². The largest absolute Gasteiger partial charge is 0.385 e. The molecule has 2 aromatic carbocycles. The van der Waals surface area contributed by atoms with Gasteiger partial charge in [0.1, 0.15) is 0 Å². The Bertz CT molecular complexity index is 1400. The second-order valence-corrected chi connectivity index (χ2v) is 10.8. The highest BCUT2D eigenvalue weighted by Crippen LogP contribution is 2.39. The van der Waals surface area contributed by atoms with Gasteiger partial charge in [0, 0.05) is 68.8 Å². The maximum Gasteiger partial charge on any atom is 0.251 e. The number of methoxy groups -OCH3 is 1. The fourth-order valence-corrected chi connectivity index (χ4v) is 5.82. The Hall–Kier alpha value is -3.69. The van der Waals surface area contributed by atoms with Gasteiger partial charge in [-0.15, -0.1) is 0 Å². The smallest absolute Gasteiger partial charge is 0.251 e. The average Bonchev–Trinajstić information content (AvgIpc) is 2.93. The number of hydrogen-bond acceptors (Lipinski definition) is 5. The topological polar surface area (TPSA) is 87.6 Å². The second kappa shape index (κ2) is 12.0. The van der Waals surface area contributed by atoms with Gasteiger partial charge in [-0.3, -0.25) is 9.59 Å². The zero-order chi connectivity index (χ0) is 27.4. The molecular weight excluding hydrogens is 510 g/mol. The number of ether oxygens (including phenoxy) is 1. The number of piperidine rings is 1. The standard InChI is InChI=1S/C30H35N5O3S/c1-20-7-10-24(11-8-20)32-30(39)33-25-16-22(29(37)31-13-4-14-38-2)9-12-27(25)34-17-21-15-23(19-34)26-5-3-6-28(36)35(26)18-21/h3,5-12,16,21,23H,4,13-15,17-19H2,1-2H3,(H,31,37)(H2,32,33,39)/t21-,23+/m1/s1. The Morgan fingerprint density at radius 3 is 2.67 bits per heavy atom. The summed E-state index contributed by atoms with van der Waals surface area (Å²) in [4.78, 5) is 27.7. The average molecular weight is 546 g/mol. The van der Waals surface area contributed by atoms with E-state index in [4.69, 9.17) is 17.0 Å². The summed E-state index contributed by atoms with van der Waals surface area (Å²) in [7, 11) is 1.65. The first-order chi connectivity index (χ1) is 18.9. The van der Waals surface area contributed by atoms with E-state index in [2.05, 4.69) is 26.9 Å². The number of anilines is 3. The molecule has 1 aromatic heterocycles. The molecule has 0 unspecified atom stereocenters. The maximum absolute atomic E-state index is 12.9. The lowest BCUT2D eigenvalue weighted by Gasteiger charge is -2.44. The number of aryl methyl sites for hydroxylation is 1. The predicted molar refractivity (Wildman–Crippen MR) is 160 cm³/mol. The first-order valence-electron chi connectivity index (χ1n) is 13.4. The molecule has 3 heterocycles. The SMILES string of the molecule is COCCCNC(=O)c1ccc(N2C[C@H]3C[C@@H](C2)c2cccc(=O)n2C3)c(NC(=S)Nc2ccc(C)cc2)c1. The van der Waals surface area contributed by atoms with Crippen molar-refractivity contribution in [2.24, 2.45) is 5.92 Å². The van der Waals surface area contributed by atoms with E-state index < -0.39 is 0 Å². The molecule has 0 saturated carbocycles. The van der Waals surface area contributed by atoms with Gasteiger partial charge in [0.25, 0.3) is 11.5 Å². The highest BCUT2D eigenvalue weighted by atomic mass is 32.1. The van der Waals surface area contributed by atoms with Crippen LogP contribution in [0.25, 0.3) is 0 Å². The fourth-order valence-electron chi connectivity index (χ4n) is 5.59. The molecule has 0 spiro atoms. The van der Waals surface area contributed by atoms with Crippen molar-refractivity contribution in [3.8, 4) is 0 Å². The number of thiocarbonyl (C=S) groups is 1. The number of fused-ring (bicyclic) bond motifs is 4. The number of carbonyl (C=O) groups excluding carboxylic acids is 1. The molecule has 0 radical (unpaired) electrons. The summed E-state index contributed by atoms with van der Waals surface area (Å²) < 4.78 is 7.02. The minimum atomic E-state index is -0.137. The Labute approximate surface area is 234 Å². The fraction of sp³-hybridized carbons (Fsp3) is 0.367. The van der Waals surface area contributed by atoms with Gasteiger partial charge < -0.3 is 30.2 Å². The molecule has 3 aromatic rings. The highest BCUT2D eigenvalue weighted by Gasteiger charge is 2.35. The van der Waals surface area contributed by atoms with E-state index in [0.29, 0.717) is 29.7 Å². The van der Waals surface area contributed by atoms with Crippen LogP contribution in [0.2, 0.25) is 0 Å². The molecule has 0 aliphatic carbocycles. The number of pyridine rings is 1. The third kappa shape index (κ3) is 6.32. The highest BCUT2D eigenvalue weighted by molar-refractivity contribution is 7.80. The van der Waals surface area contributed by atoms with Gasteiger partial charge in [-0.05, 0) is 74.3 Å². The molecule has 204 valence electrons. The molecule has 1 fully saturated rings. The van der Waals surface area contributed by atoms with Crippen LogP contribution in [0.15, 0.2) is 65.5 Å². The lowest BCUT2D eigenvalue weighted by atomic mass is 9.83. The van der Waals surface area contributed by atoms with Crippen LogP contribution in [-0.4, -0.2) is 48.9 Å². The molecule has 2 aliphatic rings. The molecule has 39 heavy (non-hydrogen) atoms. The Morgan fingerprint density at radius 1 is 1.05 bits per heavy atom. The third-order valence-corrected chi connectivity index (χ3v) is 7.65. The van der Waals surface area contributed by atoms with Crippen molar-refractivity contribution >= 4 is 40.3 Å². The number of nitrogens with zero attached hydrogens (tertiary/aromatic N) is 2. The van der Waals surface area contributed by atoms with Crippen LogP contribution in [0.3, 0.4) is 0 Å². The summed E-state index contributed by atoms with van der Waals surface area (Å²) in [6.45, 7) is 5.51.